The van der Waals surface area contributed by atoms with E-state index < -0.39 is 0 Å². The molecular formula is C32H47N3O. The zero-order valence-corrected chi connectivity index (χ0v) is 23.5. The molecule has 0 spiro atoms. The molecule has 4 nitrogen and oxygen atoms in total. The van der Waals surface area contributed by atoms with Gasteiger partial charge in [0.05, 0.1) is 12.7 Å². The van der Waals surface area contributed by atoms with E-state index in [0.29, 0.717) is 11.5 Å². The van der Waals surface area contributed by atoms with Gasteiger partial charge >= 0.3 is 0 Å². The zero-order chi connectivity index (χ0) is 25.3. The predicted molar refractivity (Wildman–Crippen MR) is 149 cm³/mol. The van der Waals surface area contributed by atoms with E-state index in [0.717, 1.165) is 49.9 Å². The lowest BCUT2D eigenvalue weighted by Gasteiger charge is -2.56. The van der Waals surface area contributed by atoms with E-state index in [-0.39, 0.29) is 10.8 Å². The number of nitrogens with zero attached hydrogens (tertiary/aromatic N) is 3. The lowest BCUT2D eigenvalue weighted by molar-refractivity contribution is -0.0226. The van der Waals surface area contributed by atoms with Crippen LogP contribution in [-0.4, -0.2) is 36.7 Å². The topological polar surface area (TPSA) is 28.1 Å². The van der Waals surface area contributed by atoms with Gasteiger partial charge in [0.2, 0.25) is 0 Å². The molecule has 0 saturated heterocycles. The van der Waals surface area contributed by atoms with Crippen molar-refractivity contribution >= 4 is 11.6 Å². The summed E-state index contributed by atoms with van der Waals surface area (Å²) in [6, 6.07) is 7.41. The average molecular weight is 490 g/mol. The SMILES string of the molecule is CC(C)(C)c1ccc(C(C)(C)C)c(N2C=CN(CC[C@H]3COC(C45CC6CC(CC(C6)C4)C5)=N3)C2)c1. The van der Waals surface area contributed by atoms with Gasteiger partial charge in [-0.3, -0.25) is 0 Å². The van der Waals surface area contributed by atoms with Gasteiger partial charge in [0.15, 0.2) is 5.90 Å². The Morgan fingerprint density at radius 2 is 1.58 bits per heavy atom. The number of aliphatic imine (C=N–C) groups is 1. The highest BCUT2D eigenvalue weighted by Gasteiger charge is 2.55. The Hall–Kier alpha value is -1.97. The molecule has 36 heavy (non-hydrogen) atoms. The third kappa shape index (κ3) is 4.47. The highest BCUT2D eigenvalue weighted by molar-refractivity contribution is 5.84. The van der Waals surface area contributed by atoms with E-state index in [1.54, 1.807) is 0 Å². The molecule has 4 bridgehead atoms. The number of hydrogen-bond donors (Lipinski definition) is 0. The van der Waals surface area contributed by atoms with Crippen molar-refractivity contribution in [2.75, 3.05) is 24.7 Å². The number of benzene rings is 1. The van der Waals surface area contributed by atoms with Crippen LogP contribution in [0.4, 0.5) is 5.69 Å². The Bertz CT molecular complexity index is 1020. The molecule has 7 rings (SSSR count). The minimum atomic E-state index is 0.108. The van der Waals surface area contributed by atoms with Crippen LogP contribution < -0.4 is 4.90 Å². The summed E-state index contributed by atoms with van der Waals surface area (Å²) in [5.74, 6) is 3.98. The first-order valence-electron chi connectivity index (χ1n) is 14.5. The number of ether oxygens (including phenoxy) is 1. The average Bonchev–Trinajstić information content (AvgIpc) is 3.45. The zero-order valence-electron chi connectivity index (χ0n) is 23.5. The third-order valence-electron chi connectivity index (χ3n) is 9.73. The minimum absolute atomic E-state index is 0.108. The van der Waals surface area contributed by atoms with Gasteiger partial charge < -0.3 is 14.5 Å². The third-order valence-corrected chi connectivity index (χ3v) is 9.73. The van der Waals surface area contributed by atoms with Gasteiger partial charge in [0, 0.05) is 30.0 Å². The second-order valence-corrected chi connectivity index (χ2v) is 14.8. The second kappa shape index (κ2) is 8.53. The summed E-state index contributed by atoms with van der Waals surface area (Å²) in [5.41, 5.74) is 4.71. The van der Waals surface area contributed by atoms with Gasteiger partial charge in [0.25, 0.3) is 0 Å². The predicted octanol–water partition coefficient (Wildman–Crippen LogP) is 7.24. The highest BCUT2D eigenvalue weighted by Crippen LogP contribution is 2.61. The molecule has 1 aromatic carbocycles. The van der Waals surface area contributed by atoms with E-state index in [9.17, 15) is 0 Å². The molecule has 1 aromatic rings. The van der Waals surface area contributed by atoms with Crippen molar-refractivity contribution in [3.63, 3.8) is 0 Å². The smallest absolute Gasteiger partial charge is 0.190 e. The summed E-state index contributed by atoms with van der Waals surface area (Å²) in [4.78, 5) is 10.1. The van der Waals surface area contributed by atoms with E-state index >= 15 is 0 Å². The quantitative estimate of drug-likeness (QED) is 0.436. The van der Waals surface area contributed by atoms with Crippen molar-refractivity contribution in [2.45, 2.75) is 103 Å². The maximum Gasteiger partial charge on any atom is 0.190 e. The summed E-state index contributed by atoms with van der Waals surface area (Å²) in [6.45, 7) is 16.6. The lowest BCUT2D eigenvalue weighted by Crippen LogP contribution is -2.50. The minimum Gasteiger partial charge on any atom is -0.478 e. The van der Waals surface area contributed by atoms with Gasteiger partial charge in [-0.15, -0.1) is 0 Å². The molecule has 4 aliphatic carbocycles. The van der Waals surface area contributed by atoms with Crippen molar-refractivity contribution < 1.29 is 4.74 Å². The molecule has 4 heteroatoms. The Morgan fingerprint density at radius 3 is 2.19 bits per heavy atom. The van der Waals surface area contributed by atoms with Gasteiger partial charge in [-0.1, -0.05) is 53.7 Å². The lowest BCUT2D eigenvalue weighted by atomic mass is 9.49. The fourth-order valence-corrected chi connectivity index (χ4v) is 8.18. The molecular weight excluding hydrogens is 442 g/mol. The molecule has 196 valence electrons. The summed E-state index contributed by atoms with van der Waals surface area (Å²) in [6.07, 6.45) is 14.1. The summed E-state index contributed by atoms with van der Waals surface area (Å²) in [7, 11) is 0. The van der Waals surface area contributed by atoms with Crippen molar-refractivity contribution in [2.24, 2.45) is 28.2 Å². The molecule has 2 heterocycles. The van der Waals surface area contributed by atoms with Crippen LogP contribution in [0.2, 0.25) is 0 Å². The Labute approximate surface area is 219 Å². The summed E-state index contributed by atoms with van der Waals surface area (Å²) >= 11 is 0. The molecule has 0 amide bonds. The molecule has 0 N–H and O–H groups in total. The van der Waals surface area contributed by atoms with E-state index in [1.807, 2.05) is 0 Å². The molecule has 0 radical (unpaired) electrons. The molecule has 0 aromatic heterocycles. The monoisotopic (exact) mass is 489 g/mol. The first-order valence-corrected chi connectivity index (χ1v) is 14.5. The second-order valence-electron chi connectivity index (χ2n) is 14.8. The maximum atomic E-state index is 6.36. The molecule has 4 saturated carbocycles. The van der Waals surface area contributed by atoms with Gasteiger partial charge in [0.1, 0.15) is 6.61 Å². The number of rotatable bonds is 5. The fourth-order valence-electron chi connectivity index (χ4n) is 8.18. The highest BCUT2D eigenvalue weighted by atomic mass is 16.5. The molecule has 4 fully saturated rings. The number of hydrogen-bond acceptors (Lipinski definition) is 4. The van der Waals surface area contributed by atoms with Crippen molar-refractivity contribution in [1.82, 2.24) is 4.90 Å². The van der Waals surface area contributed by atoms with Crippen LogP contribution in [0.15, 0.2) is 35.6 Å². The van der Waals surface area contributed by atoms with Crippen LogP contribution in [0.5, 0.6) is 0 Å². The van der Waals surface area contributed by atoms with Gasteiger partial charge in [-0.05, 0) is 90.7 Å². The van der Waals surface area contributed by atoms with Crippen LogP contribution in [-0.2, 0) is 15.6 Å². The van der Waals surface area contributed by atoms with Crippen molar-refractivity contribution in [1.29, 1.82) is 0 Å². The fraction of sp³-hybridized carbons (Fsp3) is 0.719. The summed E-state index contributed by atoms with van der Waals surface area (Å²) < 4.78 is 6.36. The normalized spacial score (nSPS) is 33.4. The summed E-state index contributed by atoms with van der Waals surface area (Å²) in [5, 5.41) is 0. The van der Waals surface area contributed by atoms with Crippen molar-refractivity contribution in [3.05, 3.63) is 41.7 Å². The molecule has 2 aliphatic heterocycles. The Kier molecular flexibility index (Phi) is 5.77. The van der Waals surface area contributed by atoms with Gasteiger partial charge in [-0.25, -0.2) is 4.99 Å². The number of anilines is 1. The van der Waals surface area contributed by atoms with E-state index in [1.165, 1.54) is 55.3 Å². The first-order chi connectivity index (χ1) is 17.0. The van der Waals surface area contributed by atoms with Gasteiger partial charge in [-0.2, -0.15) is 0 Å². The Morgan fingerprint density at radius 1 is 0.917 bits per heavy atom. The standard InChI is InChI=1S/C32H47N3O/c1-30(2,3)25-7-8-27(31(4,5)6)28(16-25)35-12-11-34(21-35)10-9-26-20-36-29(33-26)32-17-22-13-23(18-32)15-24(14-22)19-32/h7-8,11-12,16,22-24,26H,9-10,13-15,17-21H2,1-6H3/t22?,23?,24?,26-,32?/m0/s1. The van der Waals surface area contributed by atoms with E-state index in [4.69, 9.17) is 9.73 Å². The molecule has 1 atom stereocenters. The van der Waals surface area contributed by atoms with Crippen LogP contribution in [0, 0.1) is 23.2 Å². The van der Waals surface area contributed by atoms with Crippen molar-refractivity contribution in [3.8, 4) is 0 Å². The first kappa shape index (κ1) is 24.4. The van der Waals surface area contributed by atoms with Crippen LogP contribution >= 0.6 is 0 Å². The molecule has 0 unspecified atom stereocenters. The molecule has 6 aliphatic rings. The Balaban J connectivity index is 1.10. The maximum absolute atomic E-state index is 6.36. The van der Waals surface area contributed by atoms with Crippen LogP contribution in [0.1, 0.15) is 97.6 Å². The largest absolute Gasteiger partial charge is 0.478 e. The van der Waals surface area contributed by atoms with Crippen LogP contribution in [0.25, 0.3) is 0 Å². The van der Waals surface area contributed by atoms with Crippen LogP contribution in [0.3, 0.4) is 0 Å². The van der Waals surface area contributed by atoms with E-state index in [2.05, 4.69) is 81.9 Å².